The van der Waals surface area contributed by atoms with Gasteiger partial charge in [0.25, 0.3) is 5.69 Å². The number of hydrogen-bond acceptors (Lipinski definition) is 5. The molecule has 0 fully saturated rings. The van der Waals surface area contributed by atoms with Gasteiger partial charge >= 0.3 is 0 Å². The van der Waals surface area contributed by atoms with Crippen LogP contribution in [0.15, 0.2) is 23.6 Å². The number of aryl methyl sites for hydroxylation is 1. The Kier molecular flexibility index (Phi) is 3.16. The average molecular weight is 250 g/mol. The van der Waals surface area contributed by atoms with Crippen molar-refractivity contribution in [2.75, 3.05) is 0 Å². The summed E-state index contributed by atoms with van der Waals surface area (Å²) in [5.41, 5.74) is 1.90. The van der Waals surface area contributed by atoms with E-state index in [0.29, 0.717) is 16.3 Å². The number of thiazole rings is 1. The second-order valence-electron chi connectivity index (χ2n) is 3.58. The number of aromatic nitrogens is 1. The van der Waals surface area contributed by atoms with E-state index in [9.17, 15) is 10.1 Å². The molecule has 0 amide bonds. The van der Waals surface area contributed by atoms with Gasteiger partial charge in [-0.2, -0.15) is 0 Å². The minimum absolute atomic E-state index is 0.0452. The molecule has 0 atom stereocenters. The zero-order valence-corrected chi connectivity index (χ0v) is 9.90. The predicted molar refractivity (Wildman–Crippen MR) is 64.9 cm³/mol. The molecule has 1 aromatic carbocycles. The number of aliphatic hydroxyl groups is 1. The Morgan fingerprint density at radius 2 is 2.29 bits per heavy atom. The first-order valence-electron chi connectivity index (χ1n) is 4.92. The van der Waals surface area contributed by atoms with E-state index >= 15 is 0 Å². The fraction of sp³-hybridized carbons (Fsp3) is 0.182. The van der Waals surface area contributed by atoms with Gasteiger partial charge in [-0.25, -0.2) is 4.98 Å². The van der Waals surface area contributed by atoms with Crippen LogP contribution in [0.5, 0.6) is 0 Å². The van der Waals surface area contributed by atoms with E-state index in [0.717, 1.165) is 5.56 Å². The average Bonchev–Trinajstić information content (AvgIpc) is 2.77. The van der Waals surface area contributed by atoms with Gasteiger partial charge in [0.1, 0.15) is 5.01 Å². The molecule has 5 nitrogen and oxygen atoms in total. The summed E-state index contributed by atoms with van der Waals surface area (Å²) >= 11 is 1.29. The summed E-state index contributed by atoms with van der Waals surface area (Å²) in [5, 5.41) is 22.1. The minimum Gasteiger partial charge on any atom is -0.390 e. The van der Waals surface area contributed by atoms with E-state index in [2.05, 4.69) is 4.98 Å². The van der Waals surface area contributed by atoms with Gasteiger partial charge in [0.05, 0.1) is 22.8 Å². The minimum atomic E-state index is -0.414. The molecule has 6 heteroatoms. The van der Waals surface area contributed by atoms with Crippen LogP contribution in [0.25, 0.3) is 10.6 Å². The normalized spacial score (nSPS) is 10.5. The zero-order chi connectivity index (χ0) is 12.4. The third-order valence-electron chi connectivity index (χ3n) is 2.29. The molecule has 0 spiro atoms. The standard InChI is InChI=1S/C11H10N2O3S/c1-7-2-3-9(10(4-7)13(15)16)11-12-8(5-14)6-17-11/h2-4,6,14H,5H2,1H3. The van der Waals surface area contributed by atoms with Crippen LogP contribution in [0.1, 0.15) is 11.3 Å². The second-order valence-corrected chi connectivity index (χ2v) is 4.44. The molecule has 0 aliphatic heterocycles. The first kappa shape index (κ1) is 11.7. The quantitative estimate of drug-likeness (QED) is 0.670. The molecule has 0 saturated carbocycles. The summed E-state index contributed by atoms with van der Waals surface area (Å²) in [4.78, 5) is 14.7. The van der Waals surface area contributed by atoms with Crippen molar-refractivity contribution in [3.05, 3.63) is 45.0 Å². The Hall–Kier alpha value is -1.79. The highest BCUT2D eigenvalue weighted by atomic mass is 32.1. The molecule has 2 rings (SSSR count). The van der Waals surface area contributed by atoms with Crippen molar-refractivity contribution in [3.63, 3.8) is 0 Å². The first-order chi connectivity index (χ1) is 8.11. The van der Waals surface area contributed by atoms with Crippen molar-refractivity contribution in [2.24, 2.45) is 0 Å². The summed E-state index contributed by atoms with van der Waals surface area (Å²) in [7, 11) is 0. The summed E-state index contributed by atoms with van der Waals surface area (Å²) in [6, 6.07) is 5.02. The first-order valence-corrected chi connectivity index (χ1v) is 5.80. The van der Waals surface area contributed by atoms with Crippen molar-refractivity contribution >= 4 is 17.0 Å². The molecule has 17 heavy (non-hydrogen) atoms. The largest absolute Gasteiger partial charge is 0.390 e. The van der Waals surface area contributed by atoms with Crippen molar-refractivity contribution in [2.45, 2.75) is 13.5 Å². The zero-order valence-electron chi connectivity index (χ0n) is 9.08. The molecule has 0 unspecified atom stereocenters. The summed E-state index contributed by atoms with van der Waals surface area (Å²) in [6.45, 7) is 1.65. The Balaban J connectivity index is 2.54. The van der Waals surface area contributed by atoms with E-state index in [1.807, 2.05) is 6.07 Å². The topological polar surface area (TPSA) is 76.3 Å². The molecule has 1 heterocycles. The lowest BCUT2D eigenvalue weighted by Crippen LogP contribution is -1.93. The van der Waals surface area contributed by atoms with Crippen LogP contribution in [0, 0.1) is 17.0 Å². The predicted octanol–water partition coefficient (Wildman–Crippen LogP) is 2.52. The molecular weight excluding hydrogens is 240 g/mol. The van der Waals surface area contributed by atoms with Crippen LogP contribution >= 0.6 is 11.3 Å². The molecule has 0 aliphatic carbocycles. The molecule has 1 aromatic heterocycles. The molecule has 0 bridgehead atoms. The van der Waals surface area contributed by atoms with Crippen molar-refractivity contribution in [1.82, 2.24) is 4.98 Å². The van der Waals surface area contributed by atoms with Gasteiger partial charge in [0, 0.05) is 11.4 Å². The summed E-state index contributed by atoms with van der Waals surface area (Å²) in [5.74, 6) is 0. The number of nitro benzene ring substituents is 1. The van der Waals surface area contributed by atoms with E-state index in [1.165, 1.54) is 17.4 Å². The van der Waals surface area contributed by atoms with Gasteiger partial charge in [-0.1, -0.05) is 6.07 Å². The molecule has 88 valence electrons. The third-order valence-corrected chi connectivity index (χ3v) is 3.22. The molecule has 1 N–H and O–H groups in total. The Morgan fingerprint density at radius 1 is 1.53 bits per heavy atom. The maximum Gasteiger partial charge on any atom is 0.279 e. The summed E-state index contributed by atoms with van der Waals surface area (Å²) in [6.07, 6.45) is 0. The van der Waals surface area contributed by atoms with Gasteiger partial charge in [0.2, 0.25) is 0 Å². The van der Waals surface area contributed by atoms with Crippen LogP contribution < -0.4 is 0 Å². The van der Waals surface area contributed by atoms with Crippen molar-refractivity contribution in [1.29, 1.82) is 0 Å². The second kappa shape index (κ2) is 4.60. The maximum atomic E-state index is 11.0. The van der Waals surface area contributed by atoms with E-state index in [1.54, 1.807) is 18.4 Å². The fourth-order valence-electron chi connectivity index (χ4n) is 1.48. The smallest absolute Gasteiger partial charge is 0.279 e. The Bertz CT molecular complexity index is 566. The lowest BCUT2D eigenvalue weighted by atomic mass is 10.1. The van der Waals surface area contributed by atoms with E-state index in [-0.39, 0.29) is 12.3 Å². The highest BCUT2D eigenvalue weighted by molar-refractivity contribution is 7.13. The van der Waals surface area contributed by atoms with Gasteiger partial charge in [-0.15, -0.1) is 11.3 Å². The van der Waals surface area contributed by atoms with Crippen molar-refractivity contribution in [3.8, 4) is 10.6 Å². The third kappa shape index (κ3) is 2.32. The highest BCUT2D eigenvalue weighted by Crippen LogP contribution is 2.32. The lowest BCUT2D eigenvalue weighted by molar-refractivity contribution is -0.384. The Labute approximate surface area is 102 Å². The van der Waals surface area contributed by atoms with E-state index < -0.39 is 4.92 Å². The lowest BCUT2D eigenvalue weighted by Gasteiger charge is -2.00. The number of aliphatic hydroxyl groups excluding tert-OH is 1. The molecule has 0 saturated heterocycles. The fourth-order valence-corrected chi connectivity index (χ4v) is 2.32. The molecular formula is C11H10N2O3S. The van der Waals surface area contributed by atoms with Gasteiger partial charge < -0.3 is 5.11 Å². The van der Waals surface area contributed by atoms with Crippen LogP contribution in [0.4, 0.5) is 5.69 Å². The highest BCUT2D eigenvalue weighted by Gasteiger charge is 2.17. The number of hydrogen-bond donors (Lipinski definition) is 1. The monoisotopic (exact) mass is 250 g/mol. The number of benzene rings is 1. The van der Waals surface area contributed by atoms with Gasteiger partial charge in [-0.3, -0.25) is 10.1 Å². The van der Waals surface area contributed by atoms with Crippen LogP contribution in [-0.4, -0.2) is 15.0 Å². The number of nitro groups is 1. The van der Waals surface area contributed by atoms with Gasteiger partial charge in [0.15, 0.2) is 0 Å². The van der Waals surface area contributed by atoms with Crippen LogP contribution in [0.2, 0.25) is 0 Å². The molecule has 0 radical (unpaired) electrons. The summed E-state index contributed by atoms with van der Waals surface area (Å²) < 4.78 is 0. The van der Waals surface area contributed by atoms with E-state index in [4.69, 9.17) is 5.11 Å². The molecule has 2 aromatic rings. The Morgan fingerprint density at radius 3 is 2.88 bits per heavy atom. The SMILES string of the molecule is Cc1ccc(-c2nc(CO)cs2)c([N+](=O)[O-])c1. The van der Waals surface area contributed by atoms with Crippen molar-refractivity contribution < 1.29 is 10.0 Å². The van der Waals surface area contributed by atoms with Gasteiger partial charge in [-0.05, 0) is 18.6 Å². The molecule has 0 aliphatic rings. The van der Waals surface area contributed by atoms with Crippen LogP contribution in [0.3, 0.4) is 0 Å². The number of rotatable bonds is 3. The van der Waals surface area contributed by atoms with Crippen LogP contribution in [-0.2, 0) is 6.61 Å². The maximum absolute atomic E-state index is 11.0. The number of nitrogens with zero attached hydrogens (tertiary/aromatic N) is 2.